The van der Waals surface area contributed by atoms with Crippen molar-refractivity contribution in [1.29, 1.82) is 0 Å². The van der Waals surface area contributed by atoms with Crippen molar-refractivity contribution in [1.82, 2.24) is 14.8 Å². The molecule has 1 aromatic carbocycles. The molecule has 5 heteroatoms. The number of nitrogens with zero attached hydrogens (tertiary/aromatic N) is 4. The summed E-state index contributed by atoms with van der Waals surface area (Å²) < 4.78 is 1.71. The van der Waals surface area contributed by atoms with Gasteiger partial charge >= 0.3 is 0 Å². The smallest absolute Gasteiger partial charge is 0.249 e. The van der Waals surface area contributed by atoms with E-state index in [4.69, 9.17) is 0 Å². The van der Waals surface area contributed by atoms with Crippen LogP contribution < -0.4 is 0 Å². The molecule has 0 atom stereocenters. The monoisotopic (exact) mass is 254 g/mol. The molecule has 0 fully saturated rings. The third-order valence-corrected chi connectivity index (χ3v) is 3.06. The van der Waals surface area contributed by atoms with Crippen LogP contribution in [0.5, 0.6) is 0 Å². The minimum atomic E-state index is 0.0303. The molecule has 3 rings (SSSR count). The average molecular weight is 254 g/mol. The zero-order valence-electron chi connectivity index (χ0n) is 10.7. The Hall–Kier alpha value is -2.43. The lowest BCUT2D eigenvalue weighted by atomic mass is 10.1. The van der Waals surface area contributed by atoms with Gasteiger partial charge in [0.25, 0.3) is 0 Å². The molecule has 0 aliphatic carbocycles. The lowest BCUT2D eigenvalue weighted by molar-refractivity contribution is -0.129. The highest BCUT2D eigenvalue weighted by Crippen LogP contribution is 2.17. The predicted octanol–water partition coefficient (Wildman–Crippen LogP) is 1.56. The number of hydrogen-bond acceptors (Lipinski definition) is 3. The summed E-state index contributed by atoms with van der Waals surface area (Å²) >= 11 is 0. The second kappa shape index (κ2) is 4.68. The number of benzene rings is 1. The highest BCUT2D eigenvalue weighted by Gasteiger charge is 2.25. The highest BCUT2D eigenvalue weighted by molar-refractivity contribution is 6.13. The van der Waals surface area contributed by atoms with Crippen molar-refractivity contribution < 1.29 is 4.79 Å². The van der Waals surface area contributed by atoms with Gasteiger partial charge in [0.1, 0.15) is 0 Å². The minimum Gasteiger partial charge on any atom is -0.275 e. The maximum absolute atomic E-state index is 12.0. The molecule has 2 aromatic rings. The topological polar surface area (TPSA) is 50.5 Å². The number of carbonyl (C=O) groups is 1. The summed E-state index contributed by atoms with van der Waals surface area (Å²) in [6, 6.07) is 9.86. The maximum Gasteiger partial charge on any atom is 0.249 e. The Morgan fingerprint density at radius 2 is 2.05 bits per heavy atom. The summed E-state index contributed by atoms with van der Waals surface area (Å²) in [5.74, 6) is 0.0303. The molecule has 96 valence electrons. The van der Waals surface area contributed by atoms with E-state index in [-0.39, 0.29) is 5.91 Å². The summed E-state index contributed by atoms with van der Waals surface area (Å²) in [7, 11) is 1.85. The van der Waals surface area contributed by atoms with Gasteiger partial charge in [-0.15, -0.1) is 0 Å². The molecule has 0 bridgehead atoms. The maximum atomic E-state index is 12.0. The number of hydrazone groups is 1. The fourth-order valence-corrected chi connectivity index (χ4v) is 2.08. The van der Waals surface area contributed by atoms with Gasteiger partial charge in [-0.25, -0.2) is 5.01 Å². The van der Waals surface area contributed by atoms with E-state index in [9.17, 15) is 4.79 Å². The van der Waals surface area contributed by atoms with Gasteiger partial charge in [-0.3, -0.25) is 9.48 Å². The first kappa shape index (κ1) is 11.6. The van der Waals surface area contributed by atoms with Crippen LogP contribution in [-0.2, 0) is 18.4 Å². The van der Waals surface area contributed by atoms with Crippen molar-refractivity contribution in [3.05, 3.63) is 53.9 Å². The van der Waals surface area contributed by atoms with Gasteiger partial charge in [0.15, 0.2) is 0 Å². The molecule has 0 N–H and O–H groups in total. The van der Waals surface area contributed by atoms with Gasteiger partial charge in [-0.1, -0.05) is 30.3 Å². The largest absolute Gasteiger partial charge is 0.275 e. The van der Waals surface area contributed by atoms with E-state index in [0.717, 1.165) is 16.8 Å². The van der Waals surface area contributed by atoms with Crippen molar-refractivity contribution in [3.8, 4) is 0 Å². The summed E-state index contributed by atoms with van der Waals surface area (Å²) in [5, 5.41) is 10.0. The van der Waals surface area contributed by atoms with E-state index in [1.165, 1.54) is 5.01 Å². The lowest BCUT2D eigenvalue weighted by Gasteiger charge is -2.11. The number of amides is 1. The molecule has 19 heavy (non-hydrogen) atoms. The average Bonchev–Trinajstić information content (AvgIpc) is 2.98. The molecule has 5 nitrogen and oxygen atoms in total. The van der Waals surface area contributed by atoms with Gasteiger partial charge in [0.05, 0.1) is 24.9 Å². The molecule has 1 amide bonds. The standard InChI is InChI=1S/C14H14N4O/c1-17-10-12(8-15-17)13-7-14(19)18(16-13)9-11-5-3-2-4-6-11/h2-6,8,10H,7,9H2,1H3. The number of aryl methyl sites for hydroxylation is 1. The first-order chi connectivity index (χ1) is 9.22. The Bertz CT molecular complexity index is 630. The minimum absolute atomic E-state index is 0.0303. The first-order valence-corrected chi connectivity index (χ1v) is 6.13. The van der Waals surface area contributed by atoms with E-state index in [1.807, 2.05) is 43.6 Å². The van der Waals surface area contributed by atoms with Crippen LogP contribution in [0.15, 0.2) is 47.8 Å². The van der Waals surface area contributed by atoms with Crippen LogP contribution in [0.2, 0.25) is 0 Å². The second-order valence-electron chi connectivity index (χ2n) is 4.56. The quantitative estimate of drug-likeness (QED) is 0.834. The van der Waals surface area contributed by atoms with Crippen molar-refractivity contribution >= 4 is 11.6 Å². The Morgan fingerprint density at radius 1 is 1.26 bits per heavy atom. The van der Waals surface area contributed by atoms with Gasteiger partial charge in [-0.05, 0) is 5.56 Å². The van der Waals surface area contributed by atoms with Crippen molar-refractivity contribution in [2.75, 3.05) is 0 Å². The number of hydrogen-bond donors (Lipinski definition) is 0. The van der Waals surface area contributed by atoms with Gasteiger partial charge in [0.2, 0.25) is 5.91 Å². The highest BCUT2D eigenvalue weighted by atomic mass is 16.2. The molecule has 2 heterocycles. The summed E-state index contributed by atoms with van der Waals surface area (Å²) in [4.78, 5) is 12.0. The third-order valence-electron chi connectivity index (χ3n) is 3.06. The lowest BCUT2D eigenvalue weighted by Crippen LogP contribution is -2.19. The molecular formula is C14H14N4O. The van der Waals surface area contributed by atoms with Gasteiger partial charge < -0.3 is 0 Å². The van der Waals surface area contributed by atoms with Crippen LogP contribution in [0.1, 0.15) is 17.5 Å². The van der Waals surface area contributed by atoms with E-state index in [0.29, 0.717) is 13.0 Å². The molecule has 1 aliphatic rings. The van der Waals surface area contributed by atoms with E-state index < -0.39 is 0 Å². The van der Waals surface area contributed by atoms with Crippen LogP contribution in [-0.4, -0.2) is 26.4 Å². The summed E-state index contributed by atoms with van der Waals surface area (Å²) in [6.07, 6.45) is 3.95. The van der Waals surface area contributed by atoms with Crippen molar-refractivity contribution in [2.45, 2.75) is 13.0 Å². The first-order valence-electron chi connectivity index (χ1n) is 6.13. The molecule has 0 radical (unpaired) electrons. The molecule has 0 saturated carbocycles. The molecular weight excluding hydrogens is 240 g/mol. The molecule has 1 aliphatic heterocycles. The Labute approximate surface area is 111 Å². The Balaban J connectivity index is 1.80. The van der Waals surface area contributed by atoms with Crippen molar-refractivity contribution in [2.24, 2.45) is 12.1 Å². The van der Waals surface area contributed by atoms with Crippen LogP contribution in [0, 0.1) is 0 Å². The Morgan fingerprint density at radius 3 is 2.74 bits per heavy atom. The molecule has 1 aromatic heterocycles. The van der Waals surface area contributed by atoms with Gasteiger partial charge in [0, 0.05) is 18.8 Å². The van der Waals surface area contributed by atoms with Crippen LogP contribution in [0.4, 0.5) is 0 Å². The second-order valence-corrected chi connectivity index (χ2v) is 4.56. The number of aromatic nitrogens is 2. The van der Waals surface area contributed by atoms with E-state index in [1.54, 1.807) is 10.9 Å². The molecule has 0 saturated heterocycles. The fourth-order valence-electron chi connectivity index (χ4n) is 2.08. The normalized spacial score (nSPS) is 14.9. The Kier molecular flexibility index (Phi) is 2.87. The molecule has 0 unspecified atom stereocenters. The van der Waals surface area contributed by atoms with Crippen LogP contribution >= 0.6 is 0 Å². The summed E-state index contributed by atoms with van der Waals surface area (Å²) in [6.45, 7) is 0.517. The number of carbonyl (C=O) groups excluding carboxylic acids is 1. The summed E-state index contributed by atoms with van der Waals surface area (Å²) in [5.41, 5.74) is 2.77. The van der Waals surface area contributed by atoms with Crippen LogP contribution in [0.25, 0.3) is 0 Å². The number of rotatable bonds is 3. The SMILES string of the molecule is Cn1cc(C2=NN(Cc3ccccc3)C(=O)C2)cn1. The van der Waals surface area contributed by atoms with E-state index in [2.05, 4.69) is 10.2 Å². The van der Waals surface area contributed by atoms with Crippen molar-refractivity contribution in [3.63, 3.8) is 0 Å². The van der Waals surface area contributed by atoms with Crippen LogP contribution in [0.3, 0.4) is 0 Å². The predicted molar refractivity (Wildman–Crippen MR) is 71.4 cm³/mol. The molecule has 0 spiro atoms. The zero-order valence-corrected chi connectivity index (χ0v) is 10.7. The third kappa shape index (κ3) is 2.40. The van der Waals surface area contributed by atoms with E-state index >= 15 is 0 Å². The zero-order chi connectivity index (χ0) is 13.2. The fraction of sp³-hybridized carbons (Fsp3) is 0.214. The van der Waals surface area contributed by atoms with Gasteiger partial charge in [-0.2, -0.15) is 10.2 Å².